The summed E-state index contributed by atoms with van der Waals surface area (Å²) < 4.78 is 46.2. The molecule has 10 heteroatoms. The fourth-order valence-corrected chi connectivity index (χ4v) is 4.43. The predicted molar refractivity (Wildman–Crippen MR) is 128 cm³/mol. The Balaban J connectivity index is 1.35. The summed E-state index contributed by atoms with van der Waals surface area (Å²) in [6.45, 7) is 4.95. The molecule has 1 fully saturated rings. The van der Waals surface area contributed by atoms with Gasteiger partial charge in [-0.15, -0.1) is 0 Å². The molecule has 3 aromatic rings. The third kappa shape index (κ3) is 4.23. The Morgan fingerprint density at radius 3 is 2.39 bits per heavy atom. The fourth-order valence-electron chi connectivity index (χ4n) is 4.43. The Hall–Kier alpha value is -4.08. The average Bonchev–Trinajstić information content (AvgIpc) is 3.02. The number of benzene rings is 2. The maximum atomic E-state index is 13.4. The van der Waals surface area contributed by atoms with E-state index in [0.717, 1.165) is 17.2 Å². The lowest BCUT2D eigenvalue weighted by atomic mass is 10.1. The van der Waals surface area contributed by atoms with Gasteiger partial charge >= 0.3 is 6.18 Å². The van der Waals surface area contributed by atoms with Crippen molar-refractivity contribution in [2.75, 3.05) is 36.4 Å². The van der Waals surface area contributed by atoms with E-state index >= 15 is 0 Å². The van der Waals surface area contributed by atoms with Crippen molar-refractivity contribution in [2.45, 2.75) is 20.0 Å². The van der Waals surface area contributed by atoms with Crippen LogP contribution in [0.3, 0.4) is 0 Å². The molecule has 2 aliphatic heterocycles. The zero-order valence-corrected chi connectivity index (χ0v) is 19.6. The van der Waals surface area contributed by atoms with Crippen LogP contribution in [0, 0.1) is 13.8 Å². The molecule has 0 spiro atoms. The van der Waals surface area contributed by atoms with Gasteiger partial charge in [0.2, 0.25) is 5.88 Å². The molecule has 0 unspecified atom stereocenters. The number of alkyl halides is 3. The van der Waals surface area contributed by atoms with Crippen molar-refractivity contribution in [3.8, 4) is 11.6 Å². The number of rotatable bonds is 2. The minimum absolute atomic E-state index is 0.176. The zero-order chi connectivity index (χ0) is 25.6. The van der Waals surface area contributed by atoms with Crippen molar-refractivity contribution < 1.29 is 27.5 Å². The van der Waals surface area contributed by atoms with Crippen molar-refractivity contribution in [2.24, 2.45) is 0 Å². The minimum Gasteiger partial charge on any atom is -0.436 e. The number of hydrogen-bond acceptors (Lipinski definition) is 5. The first-order valence-electron chi connectivity index (χ1n) is 11.4. The largest absolute Gasteiger partial charge is 0.436 e. The Labute approximate surface area is 205 Å². The highest BCUT2D eigenvalue weighted by Crippen LogP contribution is 2.40. The monoisotopic (exact) mass is 496 g/mol. The molecule has 186 valence electrons. The van der Waals surface area contributed by atoms with Gasteiger partial charge in [0.15, 0.2) is 5.75 Å². The van der Waals surface area contributed by atoms with E-state index in [1.165, 1.54) is 23.1 Å². The summed E-state index contributed by atoms with van der Waals surface area (Å²) in [6, 6.07) is 12.0. The Bertz CT molecular complexity index is 1370. The summed E-state index contributed by atoms with van der Waals surface area (Å²) in [7, 11) is 0. The number of nitrogens with one attached hydrogen (secondary N) is 1. The minimum atomic E-state index is -4.61. The van der Waals surface area contributed by atoms with Crippen molar-refractivity contribution in [3.05, 3.63) is 76.3 Å². The van der Waals surface area contributed by atoms with Crippen LogP contribution in [0.15, 0.2) is 48.5 Å². The second-order valence-electron chi connectivity index (χ2n) is 8.80. The van der Waals surface area contributed by atoms with Crippen LogP contribution in [-0.2, 0) is 6.18 Å². The number of carbonyl (C=O) groups is 2. The number of carbonyl (C=O) groups excluding carboxylic acids is 2. The molecule has 2 aliphatic rings. The molecule has 36 heavy (non-hydrogen) atoms. The van der Waals surface area contributed by atoms with E-state index in [0.29, 0.717) is 35.9 Å². The zero-order valence-electron chi connectivity index (χ0n) is 19.6. The van der Waals surface area contributed by atoms with Gasteiger partial charge in [0.05, 0.1) is 16.8 Å². The van der Waals surface area contributed by atoms with Crippen molar-refractivity contribution in [3.63, 3.8) is 0 Å². The highest BCUT2D eigenvalue weighted by atomic mass is 19.4. The lowest BCUT2D eigenvalue weighted by Gasteiger charge is -2.36. The van der Waals surface area contributed by atoms with Crippen LogP contribution >= 0.6 is 0 Å². The highest BCUT2D eigenvalue weighted by molar-refractivity contribution is 6.08. The first-order chi connectivity index (χ1) is 17.1. The van der Waals surface area contributed by atoms with Gasteiger partial charge in [-0.1, -0.05) is 24.3 Å². The lowest BCUT2D eigenvalue weighted by Crippen LogP contribution is -2.49. The van der Waals surface area contributed by atoms with E-state index in [2.05, 4.69) is 10.3 Å². The number of aromatic nitrogens is 1. The average molecular weight is 496 g/mol. The molecule has 0 radical (unpaired) electrons. The summed E-state index contributed by atoms with van der Waals surface area (Å²) >= 11 is 0. The third-order valence-electron chi connectivity index (χ3n) is 6.44. The van der Waals surface area contributed by atoms with Crippen LogP contribution in [0.25, 0.3) is 0 Å². The molecule has 7 nitrogen and oxygen atoms in total. The normalized spacial score (nSPS) is 15.4. The van der Waals surface area contributed by atoms with E-state index < -0.39 is 17.6 Å². The SMILES string of the molecule is Cc1ccc(C)c2c1NC(=O)c1ccc(N3CCN(C(=O)c4ccccc4C(F)(F)F)CC3)nc1O2. The number of piperazine rings is 1. The number of pyridine rings is 1. The molecule has 3 heterocycles. The molecule has 2 aromatic carbocycles. The summed E-state index contributed by atoms with van der Waals surface area (Å²) in [5, 5.41) is 2.89. The molecular formula is C26H23F3N4O3. The maximum Gasteiger partial charge on any atom is 0.417 e. The molecule has 0 aliphatic carbocycles. The second-order valence-corrected chi connectivity index (χ2v) is 8.80. The van der Waals surface area contributed by atoms with Gasteiger partial charge in [0, 0.05) is 26.2 Å². The van der Waals surface area contributed by atoms with Crippen LogP contribution in [0.5, 0.6) is 11.6 Å². The Kier molecular flexibility index (Phi) is 5.82. The summed E-state index contributed by atoms with van der Waals surface area (Å²) in [4.78, 5) is 33.6. The number of halogens is 3. The molecular weight excluding hydrogens is 473 g/mol. The summed E-state index contributed by atoms with van der Waals surface area (Å²) in [5.74, 6) is 0.286. The third-order valence-corrected chi connectivity index (χ3v) is 6.44. The van der Waals surface area contributed by atoms with Crippen molar-refractivity contribution in [1.82, 2.24) is 9.88 Å². The van der Waals surface area contributed by atoms with Crippen LogP contribution in [-0.4, -0.2) is 47.9 Å². The first-order valence-corrected chi connectivity index (χ1v) is 11.4. The molecule has 2 amide bonds. The number of aryl methyl sites for hydroxylation is 2. The second kappa shape index (κ2) is 8.85. The van der Waals surface area contributed by atoms with Gasteiger partial charge in [0.25, 0.3) is 11.8 Å². The van der Waals surface area contributed by atoms with Gasteiger partial charge < -0.3 is 19.9 Å². The predicted octanol–water partition coefficient (Wildman–Crippen LogP) is 5.04. The van der Waals surface area contributed by atoms with Crippen LogP contribution in [0.4, 0.5) is 24.7 Å². The van der Waals surface area contributed by atoms with Crippen LogP contribution < -0.4 is 15.0 Å². The first kappa shape index (κ1) is 23.7. The Morgan fingerprint density at radius 1 is 0.972 bits per heavy atom. The van der Waals surface area contributed by atoms with Crippen LogP contribution in [0.2, 0.25) is 0 Å². The van der Waals surface area contributed by atoms with Gasteiger partial charge in [-0.2, -0.15) is 18.2 Å². The smallest absolute Gasteiger partial charge is 0.417 e. The molecule has 0 bridgehead atoms. The number of nitrogens with zero attached hydrogens (tertiary/aromatic N) is 3. The van der Waals surface area contributed by atoms with Crippen LogP contribution in [0.1, 0.15) is 37.4 Å². The van der Waals surface area contributed by atoms with Crippen molar-refractivity contribution in [1.29, 1.82) is 0 Å². The maximum absolute atomic E-state index is 13.4. The molecule has 5 rings (SSSR count). The standard InChI is InChI=1S/C26H23F3N4O3/c1-15-7-8-16(2)22-21(15)31-23(34)18-9-10-20(30-24(18)36-22)32-11-13-33(14-12-32)25(35)17-5-3-4-6-19(17)26(27,28)29/h3-10H,11-14H2,1-2H3,(H,31,34). The fraction of sp³-hybridized carbons (Fsp3) is 0.269. The van der Waals surface area contributed by atoms with E-state index in [4.69, 9.17) is 4.74 Å². The Morgan fingerprint density at radius 2 is 1.67 bits per heavy atom. The lowest BCUT2D eigenvalue weighted by molar-refractivity contribution is -0.138. The highest BCUT2D eigenvalue weighted by Gasteiger charge is 2.36. The summed E-state index contributed by atoms with van der Waals surface area (Å²) in [5.41, 5.74) is 1.32. The van der Waals surface area contributed by atoms with E-state index in [1.807, 2.05) is 30.9 Å². The van der Waals surface area contributed by atoms with Gasteiger partial charge in [-0.3, -0.25) is 9.59 Å². The van der Waals surface area contributed by atoms with Gasteiger partial charge in [-0.25, -0.2) is 0 Å². The van der Waals surface area contributed by atoms with Crippen molar-refractivity contribution >= 4 is 23.3 Å². The molecule has 1 aromatic heterocycles. The number of amides is 2. The topological polar surface area (TPSA) is 74.8 Å². The molecule has 0 saturated carbocycles. The molecule has 0 atom stereocenters. The van der Waals surface area contributed by atoms with Gasteiger partial charge in [-0.05, 0) is 49.2 Å². The molecule has 1 N–H and O–H groups in total. The van der Waals surface area contributed by atoms with E-state index in [1.54, 1.807) is 12.1 Å². The quantitative estimate of drug-likeness (QED) is 0.538. The molecule has 1 saturated heterocycles. The number of fused-ring (bicyclic) bond motifs is 2. The number of ether oxygens (including phenoxy) is 1. The van der Waals surface area contributed by atoms with E-state index in [9.17, 15) is 22.8 Å². The number of anilines is 2. The summed E-state index contributed by atoms with van der Waals surface area (Å²) in [6.07, 6.45) is -4.61. The van der Waals surface area contributed by atoms with E-state index in [-0.39, 0.29) is 30.4 Å². The number of hydrogen-bond donors (Lipinski definition) is 1. The van der Waals surface area contributed by atoms with Gasteiger partial charge in [0.1, 0.15) is 11.4 Å².